The number of nitrogens with zero attached hydrogens (tertiary/aromatic N) is 2. The maximum absolute atomic E-state index is 13.2. The quantitative estimate of drug-likeness (QED) is 0.441. The molecule has 190 valence electrons. The van der Waals surface area contributed by atoms with Gasteiger partial charge >= 0.3 is 12.6 Å². The van der Waals surface area contributed by atoms with Crippen LogP contribution >= 0.6 is 0 Å². The molecule has 1 fully saturated rings. The number of allylic oxidation sites excluding steroid dienone is 3. The fourth-order valence-electron chi connectivity index (χ4n) is 4.93. The number of ether oxygens (including phenoxy) is 1. The first-order valence-electron chi connectivity index (χ1n) is 12.0. The highest BCUT2D eigenvalue weighted by atomic mass is 19.3. The largest absolute Gasteiger partial charge is 0.438 e. The van der Waals surface area contributed by atoms with E-state index in [1.54, 1.807) is 30.9 Å². The zero-order chi connectivity index (χ0) is 26.1. The van der Waals surface area contributed by atoms with E-state index in [9.17, 15) is 18.7 Å². The van der Waals surface area contributed by atoms with Crippen LogP contribution in [0.5, 0.6) is 0 Å². The van der Waals surface area contributed by atoms with Gasteiger partial charge in [-0.2, -0.15) is 8.78 Å². The second-order valence-corrected chi connectivity index (χ2v) is 10.1. The molecule has 2 aromatic carbocycles. The first-order valence-corrected chi connectivity index (χ1v) is 12.0. The molecular formula is C29H32F2N2O3. The molecule has 0 radical (unpaired) electrons. The van der Waals surface area contributed by atoms with Crippen LogP contribution in [0.1, 0.15) is 56.3 Å². The third-order valence-electron chi connectivity index (χ3n) is 6.76. The SMILES string of the molecule is C=C1C=CC(c2ccc([C@H](C)N3CC[C@](CC(C)(C)O)(c4ccccc4)OC3=O)cc2)=CN1C(F)F. The number of hydrogen-bond donors (Lipinski definition) is 1. The zero-order valence-corrected chi connectivity index (χ0v) is 20.8. The van der Waals surface area contributed by atoms with E-state index in [0.29, 0.717) is 18.5 Å². The van der Waals surface area contributed by atoms with Gasteiger partial charge in [-0.1, -0.05) is 67.3 Å². The molecule has 0 bridgehead atoms. The van der Waals surface area contributed by atoms with E-state index in [4.69, 9.17) is 4.74 Å². The average molecular weight is 495 g/mol. The van der Waals surface area contributed by atoms with Crippen LogP contribution in [0.25, 0.3) is 5.57 Å². The molecule has 0 spiro atoms. The number of hydrogen-bond acceptors (Lipinski definition) is 4. The van der Waals surface area contributed by atoms with Crippen molar-refractivity contribution in [2.75, 3.05) is 6.54 Å². The van der Waals surface area contributed by atoms with Gasteiger partial charge in [0.2, 0.25) is 0 Å². The van der Waals surface area contributed by atoms with Crippen LogP contribution in [0, 0.1) is 0 Å². The smallest absolute Gasteiger partial charge is 0.411 e. The van der Waals surface area contributed by atoms with Crippen molar-refractivity contribution in [3.05, 3.63) is 102 Å². The van der Waals surface area contributed by atoms with Crippen LogP contribution < -0.4 is 0 Å². The highest BCUT2D eigenvalue weighted by Gasteiger charge is 2.46. The number of aliphatic hydroxyl groups is 1. The molecule has 0 aliphatic carbocycles. The van der Waals surface area contributed by atoms with Crippen LogP contribution in [0.3, 0.4) is 0 Å². The molecule has 1 amide bonds. The van der Waals surface area contributed by atoms with Crippen LogP contribution in [0.15, 0.2) is 85.2 Å². The summed E-state index contributed by atoms with van der Waals surface area (Å²) in [6, 6.07) is 16.8. The molecule has 4 rings (SSSR count). The van der Waals surface area contributed by atoms with Crippen LogP contribution in [-0.2, 0) is 10.3 Å². The van der Waals surface area contributed by atoms with Crippen molar-refractivity contribution in [2.24, 2.45) is 0 Å². The Morgan fingerprint density at radius 3 is 2.36 bits per heavy atom. The van der Waals surface area contributed by atoms with Gasteiger partial charge in [-0.25, -0.2) is 4.79 Å². The molecule has 2 heterocycles. The van der Waals surface area contributed by atoms with Crippen LogP contribution in [-0.4, -0.2) is 39.7 Å². The van der Waals surface area contributed by atoms with Crippen molar-refractivity contribution in [3.8, 4) is 0 Å². The van der Waals surface area contributed by atoms with E-state index in [-0.39, 0.29) is 18.2 Å². The highest BCUT2D eigenvalue weighted by molar-refractivity contribution is 5.76. The van der Waals surface area contributed by atoms with Crippen molar-refractivity contribution in [2.45, 2.75) is 57.4 Å². The number of benzene rings is 2. The Labute approximate surface area is 211 Å². The number of cyclic esters (lactones) is 1. The summed E-state index contributed by atoms with van der Waals surface area (Å²) in [4.78, 5) is 15.8. The minimum absolute atomic E-state index is 0.235. The summed E-state index contributed by atoms with van der Waals surface area (Å²) in [5, 5.41) is 10.6. The second kappa shape index (κ2) is 9.90. The summed E-state index contributed by atoms with van der Waals surface area (Å²) in [6.45, 7) is 6.81. The van der Waals surface area contributed by atoms with Crippen molar-refractivity contribution in [3.63, 3.8) is 0 Å². The molecule has 0 unspecified atom stereocenters. The summed E-state index contributed by atoms with van der Waals surface area (Å²) >= 11 is 0. The van der Waals surface area contributed by atoms with Gasteiger partial charge in [0.15, 0.2) is 0 Å². The molecule has 1 N–H and O–H groups in total. The molecule has 1 saturated heterocycles. The van der Waals surface area contributed by atoms with E-state index in [0.717, 1.165) is 21.6 Å². The number of carbonyl (C=O) groups is 1. The number of halogens is 2. The van der Waals surface area contributed by atoms with Gasteiger partial charge in [0, 0.05) is 31.3 Å². The fourth-order valence-corrected chi connectivity index (χ4v) is 4.93. The molecule has 2 atom stereocenters. The minimum Gasteiger partial charge on any atom is -0.438 e. The summed E-state index contributed by atoms with van der Waals surface area (Å²) in [5.74, 6) is 0. The van der Waals surface area contributed by atoms with E-state index in [1.165, 1.54) is 6.20 Å². The first kappa shape index (κ1) is 25.6. The lowest BCUT2D eigenvalue weighted by Crippen LogP contribution is -2.51. The summed E-state index contributed by atoms with van der Waals surface area (Å²) < 4.78 is 32.6. The monoisotopic (exact) mass is 494 g/mol. The van der Waals surface area contributed by atoms with Crippen LogP contribution in [0.2, 0.25) is 0 Å². The normalized spacial score (nSPS) is 21.5. The maximum Gasteiger partial charge on any atom is 0.411 e. The van der Waals surface area contributed by atoms with Gasteiger partial charge in [0.25, 0.3) is 0 Å². The molecule has 0 aromatic heterocycles. The molecule has 2 aromatic rings. The van der Waals surface area contributed by atoms with Gasteiger partial charge in [0.1, 0.15) is 5.60 Å². The Kier molecular flexibility index (Phi) is 7.05. The Bertz CT molecular complexity index is 1170. The Balaban J connectivity index is 1.51. The third-order valence-corrected chi connectivity index (χ3v) is 6.76. The predicted octanol–water partition coefficient (Wildman–Crippen LogP) is 6.60. The summed E-state index contributed by atoms with van der Waals surface area (Å²) in [5.41, 5.74) is 1.52. The molecular weight excluding hydrogens is 462 g/mol. The highest BCUT2D eigenvalue weighted by Crippen LogP contribution is 2.42. The lowest BCUT2D eigenvalue weighted by Gasteiger charge is -2.45. The Morgan fingerprint density at radius 2 is 1.78 bits per heavy atom. The molecule has 5 nitrogen and oxygen atoms in total. The molecule has 36 heavy (non-hydrogen) atoms. The Hall–Kier alpha value is -3.45. The standard InChI is InChI=1S/C29H32F2N2O3/c1-20-10-11-24(18-33(20)26(30)31)23-14-12-22(13-15-23)21(2)32-17-16-29(36-27(32)34,19-28(3,4)35)25-8-6-5-7-9-25/h5-15,18,21,26,35H,1,16-17,19H2,2-4H3/t21-,29-/m0/s1. The molecule has 2 aliphatic heterocycles. The third kappa shape index (κ3) is 5.36. The lowest BCUT2D eigenvalue weighted by molar-refractivity contribution is -0.101. The van der Waals surface area contributed by atoms with E-state index in [2.05, 4.69) is 6.58 Å². The van der Waals surface area contributed by atoms with Gasteiger partial charge in [-0.15, -0.1) is 0 Å². The topological polar surface area (TPSA) is 53.0 Å². The van der Waals surface area contributed by atoms with Crippen molar-refractivity contribution in [1.29, 1.82) is 0 Å². The molecule has 7 heteroatoms. The zero-order valence-electron chi connectivity index (χ0n) is 20.8. The number of amides is 1. The second-order valence-electron chi connectivity index (χ2n) is 10.1. The molecule has 2 aliphatic rings. The predicted molar refractivity (Wildman–Crippen MR) is 136 cm³/mol. The van der Waals surface area contributed by atoms with Gasteiger partial charge in [-0.3, -0.25) is 4.90 Å². The van der Waals surface area contributed by atoms with E-state index >= 15 is 0 Å². The van der Waals surface area contributed by atoms with E-state index in [1.807, 2.05) is 61.5 Å². The van der Waals surface area contributed by atoms with Crippen molar-refractivity contribution >= 4 is 11.7 Å². The van der Waals surface area contributed by atoms with Gasteiger partial charge in [-0.05, 0) is 49.1 Å². The molecule has 0 saturated carbocycles. The lowest BCUT2D eigenvalue weighted by atomic mass is 9.80. The fraction of sp³-hybridized carbons (Fsp3) is 0.345. The van der Waals surface area contributed by atoms with Crippen molar-refractivity contribution < 1.29 is 23.4 Å². The number of carbonyl (C=O) groups excluding carboxylic acids is 1. The number of alkyl halides is 2. The maximum atomic E-state index is 13.2. The van der Waals surface area contributed by atoms with E-state index < -0.39 is 23.8 Å². The summed E-state index contributed by atoms with van der Waals surface area (Å²) in [6.07, 6.45) is 5.11. The number of rotatable bonds is 7. The summed E-state index contributed by atoms with van der Waals surface area (Å²) in [7, 11) is 0. The van der Waals surface area contributed by atoms with Crippen LogP contribution in [0.4, 0.5) is 13.6 Å². The average Bonchev–Trinajstić information content (AvgIpc) is 2.83. The Morgan fingerprint density at radius 1 is 1.11 bits per heavy atom. The first-order chi connectivity index (χ1) is 17.0. The van der Waals surface area contributed by atoms with Gasteiger partial charge in [0.05, 0.1) is 11.6 Å². The van der Waals surface area contributed by atoms with Gasteiger partial charge < -0.3 is 14.7 Å². The van der Waals surface area contributed by atoms with Crippen molar-refractivity contribution in [1.82, 2.24) is 9.80 Å². The minimum atomic E-state index is -2.67.